The van der Waals surface area contributed by atoms with Crippen molar-refractivity contribution in [3.63, 3.8) is 0 Å². The quantitative estimate of drug-likeness (QED) is 0.831. The molecule has 1 fully saturated rings. The van der Waals surface area contributed by atoms with Crippen LogP contribution in [0.2, 0.25) is 0 Å². The molecule has 0 spiro atoms. The van der Waals surface area contributed by atoms with Crippen LogP contribution in [0.15, 0.2) is 18.2 Å². The minimum absolute atomic E-state index is 0.0995. The van der Waals surface area contributed by atoms with Gasteiger partial charge in [-0.05, 0) is 17.7 Å². The molecule has 7 heteroatoms. The number of thioether (sulfide) groups is 1. The molecule has 114 valence electrons. The molecule has 0 bridgehead atoms. The van der Waals surface area contributed by atoms with E-state index in [1.54, 1.807) is 20.3 Å². The highest BCUT2D eigenvalue weighted by Gasteiger charge is 2.24. The summed E-state index contributed by atoms with van der Waals surface area (Å²) in [5, 5.41) is 5.49. The average molecular weight is 310 g/mol. The molecule has 1 aromatic carbocycles. The summed E-state index contributed by atoms with van der Waals surface area (Å²) in [4.78, 5) is 23.3. The smallest absolute Gasteiger partial charge is 0.243 e. The Labute approximate surface area is 127 Å². The lowest BCUT2D eigenvalue weighted by atomic mass is 10.2. The number of ether oxygens (including phenoxy) is 2. The summed E-state index contributed by atoms with van der Waals surface area (Å²) < 4.78 is 10.4. The summed E-state index contributed by atoms with van der Waals surface area (Å²) in [6.45, 7) is 0.371. The van der Waals surface area contributed by atoms with Crippen molar-refractivity contribution in [2.45, 2.75) is 12.6 Å². The number of rotatable bonds is 5. The average Bonchev–Trinajstić information content (AvgIpc) is 2.52. The van der Waals surface area contributed by atoms with Crippen molar-refractivity contribution in [3.05, 3.63) is 23.8 Å². The van der Waals surface area contributed by atoms with Crippen molar-refractivity contribution in [2.75, 3.05) is 25.7 Å². The maximum absolute atomic E-state index is 12.0. The van der Waals surface area contributed by atoms with Crippen LogP contribution in [0.5, 0.6) is 11.5 Å². The SMILES string of the molecule is COc1ccc(CNC(=O)C2CSCC(=O)N2)cc1OC. The molecular formula is C14H18N2O4S. The van der Waals surface area contributed by atoms with Crippen molar-refractivity contribution in [2.24, 2.45) is 0 Å². The summed E-state index contributed by atoms with van der Waals surface area (Å²) in [5.41, 5.74) is 0.899. The summed E-state index contributed by atoms with van der Waals surface area (Å²) in [6, 6.07) is 5.00. The van der Waals surface area contributed by atoms with Crippen molar-refractivity contribution >= 4 is 23.6 Å². The minimum atomic E-state index is -0.462. The molecule has 6 nitrogen and oxygen atoms in total. The molecule has 1 aliphatic heterocycles. The van der Waals surface area contributed by atoms with E-state index in [-0.39, 0.29) is 11.8 Å². The molecule has 1 saturated heterocycles. The van der Waals surface area contributed by atoms with Crippen molar-refractivity contribution < 1.29 is 19.1 Å². The van der Waals surface area contributed by atoms with Gasteiger partial charge < -0.3 is 20.1 Å². The molecule has 1 aliphatic rings. The topological polar surface area (TPSA) is 76.7 Å². The zero-order valence-electron chi connectivity index (χ0n) is 12.0. The van der Waals surface area contributed by atoms with E-state index in [9.17, 15) is 9.59 Å². The van der Waals surface area contributed by atoms with Gasteiger partial charge in [-0.2, -0.15) is 0 Å². The van der Waals surface area contributed by atoms with Crippen LogP contribution < -0.4 is 20.1 Å². The number of amides is 2. The second-order valence-electron chi connectivity index (χ2n) is 4.54. The molecule has 21 heavy (non-hydrogen) atoms. The van der Waals surface area contributed by atoms with E-state index >= 15 is 0 Å². The maximum atomic E-state index is 12.0. The van der Waals surface area contributed by atoms with Gasteiger partial charge >= 0.3 is 0 Å². The van der Waals surface area contributed by atoms with E-state index in [1.807, 2.05) is 12.1 Å². The molecule has 1 unspecified atom stereocenters. The summed E-state index contributed by atoms with van der Waals surface area (Å²) in [6.07, 6.45) is 0. The molecule has 0 aromatic heterocycles. The monoisotopic (exact) mass is 310 g/mol. The number of carbonyl (C=O) groups excluding carboxylic acids is 2. The Morgan fingerprint density at radius 2 is 2.14 bits per heavy atom. The van der Waals surface area contributed by atoms with Gasteiger partial charge in [0.1, 0.15) is 6.04 Å². The lowest BCUT2D eigenvalue weighted by Gasteiger charge is -2.22. The molecule has 0 aliphatic carbocycles. The van der Waals surface area contributed by atoms with E-state index in [2.05, 4.69) is 10.6 Å². The number of methoxy groups -OCH3 is 2. The normalized spacial score (nSPS) is 17.8. The third kappa shape index (κ3) is 4.04. The third-order valence-electron chi connectivity index (χ3n) is 3.08. The van der Waals surface area contributed by atoms with Gasteiger partial charge in [0.05, 0.1) is 20.0 Å². The molecule has 0 radical (unpaired) electrons. The molecular weight excluding hydrogens is 292 g/mol. The van der Waals surface area contributed by atoms with E-state index < -0.39 is 6.04 Å². The van der Waals surface area contributed by atoms with Crippen LogP contribution in [0.1, 0.15) is 5.56 Å². The van der Waals surface area contributed by atoms with Gasteiger partial charge in [0.25, 0.3) is 0 Å². The van der Waals surface area contributed by atoms with Gasteiger partial charge in [0.2, 0.25) is 11.8 Å². The first-order valence-corrected chi connectivity index (χ1v) is 7.65. The predicted molar refractivity (Wildman–Crippen MR) is 80.6 cm³/mol. The highest BCUT2D eigenvalue weighted by atomic mass is 32.2. The van der Waals surface area contributed by atoms with Gasteiger partial charge in [-0.1, -0.05) is 6.07 Å². The Hall–Kier alpha value is -1.89. The van der Waals surface area contributed by atoms with Crippen LogP contribution in [0.25, 0.3) is 0 Å². The first-order valence-electron chi connectivity index (χ1n) is 6.49. The molecule has 0 saturated carbocycles. The molecule has 1 aromatic rings. The van der Waals surface area contributed by atoms with Crippen molar-refractivity contribution in [1.29, 1.82) is 0 Å². The van der Waals surface area contributed by atoms with E-state index in [0.717, 1.165) is 5.56 Å². The van der Waals surface area contributed by atoms with Gasteiger partial charge in [-0.3, -0.25) is 9.59 Å². The minimum Gasteiger partial charge on any atom is -0.493 e. The first-order chi connectivity index (χ1) is 10.1. The number of hydrogen-bond acceptors (Lipinski definition) is 5. The van der Waals surface area contributed by atoms with Crippen molar-refractivity contribution in [3.8, 4) is 11.5 Å². The second-order valence-corrected chi connectivity index (χ2v) is 5.57. The first kappa shape index (κ1) is 15.5. The number of nitrogens with one attached hydrogen (secondary N) is 2. The molecule has 2 amide bonds. The number of carbonyl (C=O) groups is 2. The summed E-state index contributed by atoms with van der Waals surface area (Å²) in [7, 11) is 3.14. The van der Waals surface area contributed by atoms with E-state index in [0.29, 0.717) is 29.5 Å². The van der Waals surface area contributed by atoms with Gasteiger partial charge in [-0.25, -0.2) is 0 Å². The van der Waals surface area contributed by atoms with Crippen molar-refractivity contribution in [1.82, 2.24) is 10.6 Å². The van der Waals surface area contributed by atoms with Crippen LogP contribution in [0, 0.1) is 0 Å². The van der Waals surface area contributed by atoms with E-state index in [4.69, 9.17) is 9.47 Å². The zero-order valence-corrected chi connectivity index (χ0v) is 12.8. The Balaban J connectivity index is 1.93. The Morgan fingerprint density at radius 1 is 1.38 bits per heavy atom. The number of hydrogen-bond donors (Lipinski definition) is 2. The predicted octanol–water partition coefficient (Wildman–Crippen LogP) is 0.552. The lowest BCUT2D eigenvalue weighted by Crippen LogP contribution is -2.51. The Morgan fingerprint density at radius 3 is 2.81 bits per heavy atom. The molecule has 1 heterocycles. The molecule has 2 rings (SSSR count). The largest absolute Gasteiger partial charge is 0.493 e. The Kier molecular flexibility index (Phi) is 5.32. The van der Waals surface area contributed by atoms with Gasteiger partial charge in [-0.15, -0.1) is 11.8 Å². The van der Waals surface area contributed by atoms with Crippen LogP contribution in [-0.4, -0.2) is 43.6 Å². The maximum Gasteiger partial charge on any atom is 0.243 e. The highest BCUT2D eigenvalue weighted by molar-refractivity contribution is 8.00. The molecule has 2 N–H and O–H groups in total. The number of benzene rings is 1. The van der Waals surface area contributed by atoms with Crippen LogP contribution >= 0.6 is 11.8 Å². The van der Waals surface area contributed by atoms with Gasteiger partial charge in [0.15, 0.2) is 11.5 Å². The standard InChI is InChI=1S/C14H18N2O4S/c1-19-11-4-3-9(5-12(11)20-2)6-15-14(18)10-7-21-8-13(17)16-10/h3-5,10H,6-8H2,1-2H3,(H,15,18)(H,16,17). The van der Waals surface area contributed by atoms with Gasteiger partial charge in [0, 0.05) is 12.3 Å². The fourth-order valence-corrected chi connectivity index (χ4v) is 2.85. The zero-order chi connectivity index (χ0) is 15.2. The van der Waals surface area contributed by atoms with Crippen LogP contribution in [0.4, 0.5) is 0 Å². The third-order valence-corrected chi connectivity index (χ3v) is 4.12. The molecule has 1 atom stereocenters. The van der Waals surface area contributed by atoms with E-state index in [1.165, 1.54) is 11.8 Å². The summed E-state index contributed by atoms with van der Waals surface area (Å²) >= 11 is 1.46. The second kappa shape index (κ2) is 7.21. The fourth-order valence-electron chi connectivity index (χ4n) is 1.99. The van der Waals surface area contributed by atoms with Crippen LogP contribution in [0.3, 0.4) is 0 Å². The summed E-state index contributed by atoms with van der Waals surface area (Å²) in [5.74, 6) is 2.00. The van der Waals surface area contributed by atoms with Crippen LogP contribution in [-0.2, 0) is 16.1 Å². The lowest BCUT2D eigenvalue weighted by molar-refractivity contribution is -0.127. The highest BCUT2D eigenvalue weighted by Crippen LogP contribution is 2.27. The fraction of sp³-hybridized carbons (Fsp3) is 0.429. The Bertz CT molecular complexity index is 536.